The molecule has 4 aliphatic rings. The fourth-order valence-corrected chi connectivity index (χ4v) is 2.26. The van der Waals surface area contributed by atoms with E-state index in [1.165, 1.54) is 13.0 Å². The highest BCUT2D eigenvalue weighted by molar-refractivity contribution is 5.19. The van der Waals surface area contributed by atoms with Gasteiger partial charge in [0.1, 0.15) is 0 Å². The zero-order valence-corrected chi connectivity index (χ0v) is 4.72. The van der Waals surface area contributed by atoms with E-state index in [0.717, 1.165) is 24.0 Å². The SMILES string of the molecule is C1NC2C3CC1NC32. The molecular weight excluding hydrogens is 100 g/mol. The lowest BCUT2D eigenvalue weighted by Crippen LogP contribution is -2.48. The number of piperazine rings is 1. The van der Waals surface area contributed by atoms with Crippen LogP contribution in [0.25, 0.3) is 0 Å². The van der Waals surface area contributed by atoms with Gasteiger partial charge >= 0.3 is 0 Å². The van der Waals surface area contributed by atoms with Crippen molar-refractivity contribution in [1.82, 2.24) is 10.6 Å². The molecule has 2 heteroatoms. The second kappa shape index (κ2) is 0.957. The molecule has 4 atom stereocenters. The second-order valence-corrected chi connectivity index (χ2v) is 3.22. The van der Waals surface area contributed by atoms with Gasteiger partial charge in [-0.25, -0.2) is 0 Å². The van der Waals surface area contributed by atoms with Crippen molar-refractivity contribution in [3.05, 3.63) is 0 Å². The zero-order valence-electron chi connectivity index (χ0n) is 4.72. The first-order valence-corrected chi connectivity index (χ1v) is 3.44. The van der Waals surface area contributed by atoms with Crippen LogP contribution in [0.2, 0.25) is 0 Å². The summed E-state index contributed by atoms with van der Waals surface area (Å²) >= 11 is 0. The molecule has 4 rings (SSSR count). The molecule has 0 radical (unpaired) electrons. The predicted molar refractivity (Wildman–Crippen MR) is 30.6 cm³/mol. The molecule has 0 spiro atoms. The Balaban J connectivity index is 1.99. The van der Waals surface area contributed by atoms with E-state index < -0.39 is 0 Å². The van der Waals surface area contributed by atoms with Gasteiger partial charge in [0, 0.05) is 24.7 Å². The number of rotatable bonds is 0. The van der Waals surface area contributed by atoms with Gasteiger partial charge < -0.3 is 10.6 Å². The van der Waals surface area contributed by atoms with Crippen molar-refractivity contribution in [2.45, 2.75) is 24.5 Å². The van der Waals surface area contributed by atoms with Gasteiger partial charge in [0.15, 0.2) is 0 Å². The fourth-order valence-electron chi connectivity index (χ4n) is 2.26. The molecule has 44 valence electrons. The summed E-state index contributed by atoms with van der Waals surface area (Å²) < 4.78 is 0. The first kappa shape index (κ1) is 3.85. The third-order valence-electron chi connectivity index (χ3n) is 2.75. The molecule has 0 aromatic rings. The van der Waals surface area contributed by atoms with E-state index in [9.17, 15) is 0 Å². The van der Waals surface area contributed by atoms with Gasteiger partial charge in [-0.1, -0.05) is 0 Å². The van der Waals surface area contributed by atoms with E-state index in [4.69, 9.17) is 0 Å². The molecule has 0 aromatic heterocycles. The average molecular weight is 110 g/mol. The van der Waals surface area contributed by atoms with Gasteiger partial charge in [-0.2, -0.15) is 0 Å². The first-order chi connectivity index (χ1) is 3.95. The van der Waals surface area contributed by atoms with Crippen LogP contribution >= 0.6 is 0 Å². The summed E-state index contributed by atoms with van der Waals surface area (Å²) in [6.07, 6.45) is 1.45. The Kier molecular flexibility index (Phi) is 0.461. The predicted octanol–water partition coefficient (Wildman–Crippen LogP) is -0.682. The summed E-state index contributed by atoms with van der Waals surface area (Å²) in [6, 6.07) is 2.59. The molecule has 8 heavy (non-hydrogen) atoms. The molecule has 0 aromatic carbocycles. The minimum Gasteiger partial charge on any atom is -0.311 e. The molecule has 4 unspecified atom stereocenters. The van der Waals surface area contributed by atoms with Gasteiger partial charge in [0.05, 0.1) is 0 Å². The lowest BCUT2D eigenvalue weighted by molar-refractivity contribution is 0.388. The van der Waals surface area contributed by atoms with Crippen LogP contribution in [0.1, 0.15) is 6.42 Å². The Morgan fingerprint density at radius 1 is 1.25 bits per heavy atom. The molecule has 3 saturated heterocycles. The molecule has 1 aliphatic carbocycles. The topological polar surface area (TPSA) is 24.1 Å². The zero-order chi connectivity index (χ0) is 5.14. The van der Waals surface area contributed by atoms with E-state index in [1.54, 1.807) is 0 Å². The maximum Gasteiger partial charge on any atom is 0.0271 e. The minimum atomic E-state index is 0.829. The summed E-state index contributed by atoms with van der Waals surface area (Å²) in [7, 11) is 0. The Hall–Kier alpha value is -0.0800. The number of hydrogen-bond donors (Lipinski definition) is 2. The monoisotopic (exact) mass is 110 g/mol. The lowest BCUT2D eigenvalue weighted by atomic mass is 10.1. The standard InChI is InChI=1S/C6H10N2/c1-3-2-7-5-4(1)6(5)8-3/h3-8H,1-2H2. The normalized spacial score (nSPS) is 66.0. The molecule has 4 fully saturated rings. The highest BCUT2D eigenvalue weighted by atomic mass is 15.2. The summed E-state index contributed by atoms with van der Waals surface area (Å²) in [5.74, 6) is 1.02. The largest absolute Gasteiger partial charge is 0.311 e. The summed E-state index contributed by atoms with van der Waals surface area (Å²) in [6.45, 7) is 1.22. The summed E-state index contributed by atoms with van der Waals surface area (Å²) in [5.41, 5.74) is 0. The van der Waals surface area contributed by atoms with Crippen molar-refractivity contribution in [1.29, 1.82) is 0 Å². The first-order valence-electron chi connectivity index (χ1n) is 3.44. The highest BCUT2D eigenvalue weighted by Crippen LogP contribution is 2.44. The third kappa shape index (κ3) is 0.273. The number of hydrogen-bond acceptors (Lipinski definition) is 2. The van der Waals surface area contributed by atoms with E-state index in [1.807, 2.05) is 0 Å². The molecule has 3 heterocycles. The van der Waals surface area contributed by atoms with Gasteiger partial charge in [-0.15, -0.1) is 0 Å². The van der Waals surface area contributed by atoms with Crippen LogP contribution in [-0.4, -0.2) is 24.7 Å². The molecule has 4 bridgehead atoms. The van der Waals surface area contributed by atoms with E-state index in [2.05, 4.69) is 10.6 Å². The molecular formula is C6H10N2. The van der Waals surface area contributed by atoms with Gasteiger partial charge in [-0.05, 0) is 12.3 Å². The Morgan fingerprint density at radius 3 is 2.50 bits per heavy atom. The molecule has 2 N–H and O–H groups in total. The highest BCUT2D eigenvalue weighted by Gasteiger charge is 2.58. The van der Waals surface area contributed by atoms with Crippen LogP contribution in [0.15, 0.2) is 0 Å². The Labute approximate surface area is 48.6 Å². The van der Waals surface area contributed by atoms with Crippen molar-refractivity contribution < 1.29 is 0 Å². The number of nitrogens with one attached hydrogen (secondary N) is 2. The van der Waals surface area contributed by atoms with E-state index in [0.29, 0.717) is 0 Å². The van der Waals surface area contributed by atoms with Crippen molar-refractivity contribution in [3.63, 3.8) is 0 Å². The van der Waals surface area contributed by atoms with Crippen LogP contribution in [0.3, 0.4) is 0 Å². The summed E-state index contributed by atoms with van der Waals surface area (Å²) in [4.78, 5) is 0. The van der Waals surface area contributed by atoms with E-state index in [-0.39, 0.29) is 0 Å². The minimum absolute atomic E-state index is 0.829. The maximum absolute atomic E-state index is 3.56. The van der Waals surface area contributed by atoms with Gasteiger partial charge in [0.25, 0.3) is 0 Å². The maximum atomic E-state index is 3.56. The van der Waals surface area contributed by atoms with Crippen LogP contribution in [0.5, 0.6) is 0 Å². The van der Waals surface area contributed by atoms with Crippen LogP contribution in [0.4, 0.5) is 0 Å². The molecule has 0 amide bonds. The third-order valence-corrected chi connectivity index (χ3v) is 2.75. The summed E-state index contributed by atoms with van der Waals surface area (Å²) in [5, 5.41) is 7.06. The number of piperidine rings is 2. The van der Waals surface area contributed by atoms with Gasteiger partial charge in [-0.3, -0.25) is 0 Å². The Morgan fingerprint density at radius 2 is 2.25 bits per heavy atom. The average Bonchev–Trinajstić information content (AvgIpc) is 2.38. The quantitative estimate of drug-likeness (QED) is 0.431. The fraction of sp³-hybridized carbons (Fsp3) is 1.00. The smallest absolute Gasteiger partial charge is 0.0271 e. The molecule has 3 aliphatic heterocycles. The van der Waals surface area contributed by atoms with Gasteiger partial charge in [0.2, 0.25) is 0 Å². The van der Waals surface area contributed by atoms with Crippen molar-refractivity contribution in [2.24, 2.45) is 5.92 Å². The van der Waals surface area contributed by atoms with Crippen molar-refractivity contribution in [2.75, 3.05) is 6.54 Å². The van der Waals surface area contributed by atoms with Crippen molar-refractivity contribution >= 4 is 0 Å². The molecule has 2 nitrogen and oxygen atoms in total. The van der Waals surface area contributed by atoms with Crippen LogP contribution in [0, 0.1) is 5.92 Å². The van der Waals surface area contributed by atoms with Crippen LogP contribution in [-0.2, 0) is 0 Å². The van der Waals surface area contributed by atoms with Crippen molar-refractivity contribution in [3.8, 4) is 0 Å². The lowest BCUT2D eigenvalue weighted by Gasteiger charge is -2.23. The Bertz CT molecular complexity index is 114. The second-order valence-electron chi connectivity index (χ2n) is 3.22. The number of fused-ring (bicyclic) bond motifs is 1. The molecule has 1 saturated carbocycles. The van der Waals surface area contributed by atoms with Crippen LogP contribution < -0.4 is 10.6 Å². The van der Waals surface area contributed by atoms with E-state index >= 15 is 0 Å².